The lowest BCUT2D eigenvalue weighted by molar-refractivity contribution is -0.146. The van der Waals surface area contributed by atoms with Gasteiger partial charge >= 0.3 is 5.97 Å². The molecule has 0 unspecified atom stereocenters. The Morgan fingerprint density at radius 1 is 1.03 bits per heavy atom. The van der Waals surface area contributed by atoms with E-state index >= 15 is 0 Å². The number of carbonyl (C=O) groups excluding carboxylic acids is 2. The zero-order chi connectivity index (χ0) is 24.2. The Bertz CT molecular complexity index is 1260. The van der Waals surface area contributed by atoms with Crippen LogP contribution in [0.25, 0.3) is 11.0 Å². The first-order chi connectivity index (χ1) is 15.7. The Morgan fingerprint density at radius 3 is 2.33 bits per heavy atom. The highest BCUT2D eigenvalue weighted by Crippen LogP contribution is 2.27. The summed E-state index contributed by atoms with van der Waals surface area (Å²) in [7, 11) is -3.57. The summed E-state index contributed by atoms with van der Waals surface area (Å²) < 4.78 is 37.1. The van der Waals surface area contributed by atoms with Crippen LogP contribution in [0.2, 0.25) is 0 Å². The van der Waals surface area contributed by atoms with Crippen LogP contribution < -0.4 is 5.32 Å². The normalized spacial score (nSPS) is 11.7. The van der Waals surface area contributed by atoms with Crippen molar-refractivity contribution >= 4 is 38.6 Å². The topological polar surface area (TPSA) is 106 Å². The van der Waals surface area contributed by atoms with E-state index in [1.165, 1.54) is 34.8 Å². The molecule has 1 amide bonds. The van der Waals surface area contributed by atoms with Gasteiger partial charge in [-0.15, -0.1) is 0 Å². The van der Waals surface area contributed by atoms with E-state index in [2.05, 4.69) is 5.32 Å². The summed E-state index contributed by atoms with van der Waals surface area (Å²) >= 11 is 0. The van der Waals surface area contributed by atoms with Crippen molar-refractivity contribution in [3.63, 3.8) is 0 Å². The zero-order valence-corrected chi connectivity index (χ0v) is 20.0. The van der Waals surface area contributed by atoms with E-state index < -0.39 is 28.5 Å². The van der Waals surface area contributed by atoms with Gasteiger partial charge in [-0.25, -0.2) is 8.42 Å². The Kier molecular flexibility index (Phi) is 7.55. The fraction of sp³-hybridized carbons (Fsp3) is 0.333. The van der Waals surface area contributed by atoms with Gasteiger partial charge in [-0.2, -0.15) is 4.31 Å². The van der Waals surface area contributed by atoms with E-state index in [4.69, 9.17) is 9.15 Å². The maximum atomic E-state index is 12.5. The third-order valence-electron chi connectivity index (χ3n) is 5.52. The molecule has 9 heteroatoms. The first-order valence-electron chi connectivity index (χ1n) is 10.7. The van der Waals surface area contributed by atoms with Gasteiger partial charge in [0.1, 0.15) is 5.58 Å². The highest BCUT2D eigenvalue weighted by atomic mass is 32.2. The van der Waals surface area contributed by atoms with Gasteiger partial charge in [-0.05, 0) is 49.2 Å². The molecule has 33 heavy (non-hydrogen) atoms. The van der Waals surface area contributed by atoms with Crippen LogP contribution in [-0.4, -0.2) is 44.3 Å². The number of carbonyl (C=O) groups is 2. The van der Waals surface area contributed by atoms with Gasteiger partial charge in [0.25, 0.3) is 5.91 Å². The molecule has 0 fully saturated rings. The molecule has 0 spiro atoms. The monoisotopic (exact) mass is 472 g/mol. The smallest absolute Gasteiger partial charge is 0.310 e. The van der Waals surface area contributed by atoms with E-state index in [0.29, 0.717) is 24.3 Å². The molecule has 0 saturated carbocycles. The van der Waals surface area contributed by atoms with Crippen molar-refractivity contribution in [2.75, 3.05) is 25.0 Å². The average Bonchev–Trinajstić information content (AvgIpc) is 3.19. The SMILES string of the molecule is CCN(CC)S(=O)(=O)c1ccc(NC(=O)COC(=O)Cc2coc3c(C)c(C)ccc23)cc1. The molecule has 0 bridgehead atoms. The molecule has 8 nitrogen and oxygen atoms in total. The third-order valence-corrected chi connectivity index (χ3v) is 7.59. The van der Waals surface area contributed by atoms with Gasteiger partial charge in [0.05, 0.1) is 17.6 Å². The van der Waals surface area contributed by atoms with Gasteiger partial charge in [0, 0.05) is 29.7 Å². The van der Waals surface area contributed by atoms with Crippen LogP contribution in [0.15, 0.2) is 52.0 Å². The third kappa shape index (κ3) is 5.43. The van der Waals surface area contributed by atoms with Crippen LogP contribution in [0.4, 0.5) is 5.69 Å². The molecule has 2 aromatic carbocycles. The number of nitrogens with zero attached hydrogens (tertiary/aromatic N) is 1. The fourth-order valence-electron chi connectivity index (χ4n) is 3.50. The predicted octanol–water partition coefficient (Wildman–Crippen LogP) is 3.80. The molecule has 1 N–H and O–H groups in total. The van der Waals surface area contributed by atoms with E-state index in [-0.39, 0.29) is 11.3 Å². The number of ether oxygens (including phenoxy) is 1. The summed E-state index contributed by atoms with van der Waals surface area (Å²) in [4.78, 5) is 24.5. The second-order valence-electron chi connectivity index (χ2n) is 7.64. The number of anilines is 1. The van der Waals surface area contributed by atoms with Gasteiger partial charge in [0.2, 0.25) is 10.0 Å². The summed E-state index contributed by atoms with van der Waals surface area (Å²) in [6.45, 7) is 7.78. The number of nitrogens with one attached hydrogen (secondary N) is 1. The van der Waals surface area contributed by atoms with E-state index in [1.807, 2.05) is 26.0 Å². The molecule has 0 aliphatic carbocycles. The molecule has 176 valence electrons. The number of benzene rings is 2. The summed E-state index contributed by atoms with van der Waals surface area (Å²) in [6, 6.07) is 9.73. The van der Waals surface area contributed by atoms with Gasteiger partial charge in [0.15, 0.2) is 6.61 Å². The minimum Gasteiger partial charge on any atom is -0.464 e. The average molecular weight is 473 g/mol. The maximum Gasteiger partial charge on any atom is 0.310 e. The van der Waals surface area contributed by atoms with E-state index in [0.717, 1.165) is 22.1 Å². The number of rotatable bonds is 9. The molecule has 3 aromatic rings. The largest absolute Gasteiger partial charge is 0.464 e. The van der Waals surface area contributed by atoms with Crippen molar-refractivity contribution in [2.24, 2.45) is 0 Å². The number of esters is 1. The Hall–Kier alpha value is -3.17. The Morgan fingerprint density at radius 2 is 1.70 bits per heavy atom. The summed E-state index contributed by atoms with van der Waals surface area (Å²) in [5.74, 6) is -1.07. The molecular weight excluding hydrogens is 444 g/mol. The van der Waals surface area contributed by atoms with Crippen LogP contribution in [0.1, 0.15) is 30.5 Å². The van der Waals surface area contributed by atoms with Crippen LogP contribution in [0, 0.1) is 13.8 Å². The van der Waals surface area contributed by atoms with Crippen molar-refractivity contribution in [1.82, 2.24) is 4.31 Å². The van der Waals surface area contributed by atoms with Crippen LogP contribution in [0.3, 0.4) is 0 Å². The molecule has 1 heterocycles. The molecule has 1 aromatic heterocycles. The molecule has 0 saturated heterocycles. The minimum atomic E-state index is -3.57. The van der Waals surface area contributed by atoms with Crippen LogP contribution in [-0.2, 0) is 30.8 Å². The minimum absolute atomic E-state index is 0.0132. The molecule has 0 radical (unpaired) electrons. The number of hydrogen-bond acceptors (Lipinski definition) is 6. The van der Waals surface area contributed by atoms with Crippen molar-refractivity contribution < 1.29 is 27.2 Å². The van der Waals surface area contributed by atoms with Crippen molar-refractivity contribution in [1.29, 1.82) is 0 Å². The maximum absolute atomic E-state index is 12.5. The highest BCUT2D eigenvalue weighted by molar-refractivity contribution is 7.89. The second kappa shape index (κ2) is 10.2. The van der Waals surface area contributed by atoms with Gasteiger partial charge < -0.3 is 14.5 Å². The number of aryl methyl sites for hydroxylation is 2. The quantitative estimate of drug-likeness (QED) is 0.475. The lowest BCUT2D eigenvalue weighted by Gasteiger charge is -2.18. The van der Waals surface area contributed by atoms with Gasteiger partial charge in [-0.1, -0.05) is 26.0 Å². The Labute approximate surface area is 193 Å². The van der Waals surface area contributed by atoms with Crippen LogP contribution in [0.5, 0.6) is 0 Å². The number of hydrogen-bond donors (Lipinski definition) is 1. The van der Waals surface area contributed by atoms with Crippen LogP contribution >= 0.6 is 0 Å². The van der Waals surface area contributed by atoms with Crippen molar-refractivity contribution in [2.45, 2.75) is 39.0 Å². The number of fused-ring (bicyclic) bond motifs is 1. The standard InChI is InChI=1S/C24H28N2O6S/c1-5-26(6-2)33(29,30)20-10-8-19(9-11-20)25-22(27)15-31-23(28)13-18-14-32-24-17(4)16(3)7-12-21(18)24/h7-12,14H,5-6,13,15H2,1-4H3,(H,25,27). The molecule has 0 aliphatic rings. The second-order valence-corrected chi connectivity index (χ2v) is 9.58. The molecule has 0 aliphatic heterocycles. The number of amides is 1. The lowest BCUT2D eigenvalue weighted by Crippen LogP contribution is -2.30. The molecule has 3 rings (SSSR count). The first-order valence-corrected chi connectivity index (χ1v) is 12.1. The molecule has 0 atom stereocenters. The fourth-order valence-corrected chi connectivity index (χ4v) is 4.96. The number of furan rings is 1. The highest BCUT2D eigenvalue weighted by Gasteiger charge is 2.21. The number of sulfonamides is 1. The summed E-state index contributed by atoms with van der Waals surface area (Å²) in [5, 5.41) is 3.44. The van der Waals surface area contributed by atoms with Crippen molar-refractivity contribution in [3.8, 4) is 0 Å². The molecular formula is C24H28N2O6S. The first kappa shape index (κ1) is 24.5. The summed E-state index contributed by atoms with van der Waals surface area (Å²) in [5.41, 5.74) is 3.95. The lowest BCUT2D eigenvalue weighted by atomic mass is 10.0. The Balaban J connectivity index is 1.55. The zero-order valence-electron chi connectivity index (χ0n) is 19.2. The van der Waals surface area contributed by atoms with E-state index in [9.17, 15) is 18.0 Å². The van der Waals surface area contributed by atoms with Crippen molar-refractivity contribution in [3.05, 3.63) is 59.4 Å². The summed E-state index contributed by atoms with van der Waals surface area (Å²) in [6.07, 6.45) is 1.52. The predicted molar refractivity (Wildman–Crippen MR) is 126 cm³/mol. The van der Waals surface area contributed by atoms with E-state index in [1.54, 1.807) is 13.8 Å². The van der Waals surface area contributed by atoms with Gasteiger partial charge in [-0.3, -0.25) is 9.59 Å².